The molecule has 6 nitrogen and oxygen atoms in total. The number of amides is 1. The van der Waals surface area contributed by atoms with Crippen molar-refractivity contribution in [2.24, 2.45) is 0 Å². The fourth-order valence-corrected chi connectivity index (χ4v) is 5.53. The summed E-state index contributed by atoms with van der Waals surface area (Å²) in [7, 11) is -3.69. The first-order valence-electron chi connectivity index (χ1n) is 9.77. The molecule has 0 aliphatic carbocycles. The molecule has 1 saturated heterocycles. The van der Waals surface area contributed by atoms with E-state index in [1.54, 1.807) is 12.1 Å². The molecule has 1 amide bonds. The van der Waals surface area contributed by atoms with Crippen LogP contribution in [0.2, 0.25) is 0 Å². The highest BCUT2D eigenvalue weighted by molar-refractivity contribution is 9.10. The minimum Gasteiger partial charge on any atom is -0.379 e. The number of carbonyl (C=O) groups is 1. The van der Waals surface area contributed by atoms with Gasteiger partial charge in [-0.15, -0.1) is 0 Å². The normalized spacial score (nSPS) is 16.2. The summed E-state index contributed by atoms with van der Waals surface area (Å²) < 4.78 is 33.8. The lowest BCUT2D eigenvalue weighted by molar-refractivity contribution is 0.0730. The molecule has 2 aromatic carbocycles. The zero-order chi connectivity index (χ0) is 21.7. The Morgan fingerprint density at radius 2 is 1.87 bits per heavy atom. The van der Waals surface area contributed by atoms with Crippen molar-refractivity contribution in [3.63, 3.8) is 0 Å². The third kappa shape index (κ3) is 5.64. The highest BCUT2D eigenvalue weighted by Crippen LogP contribution is 2.33. The monoisotopic (exact) mass is 512 g/mol. The molecule has 0 aromatic heterocycles. The van der Waals surface area contributed by atoms with Crippen molar-refractivity contribution in [2.45, 2.75) is 41.0 Å². The van der Waals surface area contributed by atoms with Gasteiger partial charge in [-0.2, -0.15) is 4.31 Å². The van der Waals surface area contributed by atoms with Crippen LogP contribution in [0.5, 0.6) is 0 Å². The maximum Gasteiger partial charge on any atom is 0.252 e. The molecule has 1 aliphatic rings. The van der Waals surface area contributed by atoms with Crippen molar-refractivity contribution < 1.29 is 17.9 Å². The predicted octanol–water partition coefficient (Wildman–Crippen LogP) is 4.15. The minimum atomic E-state index is -3.69. The highest BCUT2D eigenvalue weighted by atomic mass is 79.9. The standard InChI is InChI=1S/C21H25BrN2O4S2/c1-3-15(2)23-21(25)19-14-18(30(26,27)24-10-12-28-13-11-24)8-9-20(19)29-17-6-4-16(22)5-7-17/h4-9,14-15H,3,10-13H2,1-2H3,(H,23,25). The molecule has 1 fully saturated rings. The van der Waals surface area contributed by atoms with Gasteiger partial charge in [0.05, 0.1) is 23.7 Å². The van der Waals surface area contributed by atoms with E-state index in [9.17, 15) is 13.2 Å². The molecule has 0 radical (unpaired) electrons. The smallest absolute Gasteiger partial charge is 0.252 e. The fraction of sp³-hybridized carbons (Fsp3) is 0.381. The summed E-state index contributed by atoms with van der Waals surface area (Å²) in [6.45, 7) is 5.28. The highest BCUT2D eigenvalue weighted by Gasteiger charge is 2.28. The molecular weight excluding hydrogens is 488 g/mol. The lowest BCUT2D eigenvalue weighted by atomic mass is 10.2. The number of halogens is 1. The molecule has 0 bridgehead atoms. The summed E-state index contributed by atoms with van der Waals surface area (Å²) in [5.74, 6) is -0.275. The third-order valence-corrected chi connectivity index (χ3v) is 8.34. The molecule has 1 unspecified atom stereocenters. The van der Waals surface area contributed by atoms with Crippen LogP contribution in [0.25, 0.3) is 0 Å². The molecule has 1 atom stereocenters. The molecule has 1 N–H and O–H groups in total. The number of hydrogen-bond acceptors (Lipinski definition) is 5. The molecule has 9 heteroatoms. The fourth-order valence-electron chi connectivity index (χ4n) is 2.91. The van der Waals surface area contributed by atoms with Crippen molar-refractivity contribution >= 4 is 43.6 Å². The van der Waals surface area contributed by atoms with E-state index in [-0.39, 0.29) is 16.8 Å². The van der Waals surface area contributed by atoms with Crippen LogP contribution >= 0.6 is 27.7 Å². The van der Waals surface area contributed by atoms with Crippen LogP contribution < -0.4 is 5.32 Å². The molecule has 0 spiro atoms. The first kappa shape index (κ1) is 23.3. The number of nitrogens with one attached hydrogen (secondary N) is 1. The van der Waals surface area contributed by atoms with Gasteiger partial charge in [-0.1, -0.05) is 34.6 Å². The van der Waals surface area contributed by atoms with Gasteiger partial charge in [-0.25, -0.2) is 8.42 Å². The van der Waals surface area contributed by atoms with E-state index in [2.05, 4.69) is 21.2 Å². The first-order chi connectivity index (χ1) is 14.3. The quantitative estimate of drug-likeness (QED) is 0.602. The number of rotatable bonds is 7. The van der Waals surface area contributed by atoms with E-state index in [1.165, 1.54) is 22.1 Å². The van der Waals surface area contributed by atoms with Crippen LogP contribution in [0.15, 0.2) is 61.6 Å². The van der Waals surface area contributed by atoms with Gasteiger partial charge in [0, 0.05) is 33.4 Å². The van der Waals surface area contributed by atoms with Crippen LogP contribution in [0.4, 0.5) is 0 Å². The minimum absolute atomic E-state index is 0.0115. The van der Waals surface area contributed by atoms with Crippen LogP contribution in [0, 0.1) is 0 Å². The van der Waals surface area contributed by atoms with E-state index in [0.717, 1.165) is 15.8 Å². The SMILES string of the molecule is CCC(C)NC(=O)c1cc(S(=O)(=O)N2CCOCC2)ccc1Sc1ccc(Br)cc1. The second kappa shape index (κ2) is 10.3. The van der Waals surface area contributed by atoms with Crippen molar-refractivity contribution in [3.05, 3.63) is 52.5 Å². The average molecular weight is 513 g/mol. The van der Waals surface area contributed by atoms with Gasteiger partial charge in [-0.3, -0.25) is 4.79 Å². The predicted molar refractivity (Wildman–Crippen MR) is 122 cm³/mol. The van der Waals surface area contributed by atoms with E-state index in [0.29, 0.717) is 36.8 Å². The van der Waals surface area contributed by atoms with Gasteiger partial charge in [0.2, 0.25) is 10.0 Å². The van der Waals surface area contributed by atoms with Crippen LogP contribution in [-0.2, 0) is 14.8 Å². The molecule has 1 heterocycles. The lowest BCUT2D eigenvalue weighted by Gasteiger charge is -2.26. The Balaban J connectivity index is 1.97. The Bertz CT molecular complexity index is 991. The number of nitrogens with zero attached hydrogens (tertiary/aromatic N) is 1. The van der Waals surface area contributed by atoms with Gasteiger partial charge in [-0.05, 0) is 55.8 Å². The Hall–Kier alpha value is -1.39. The van der Waals surface area contributed by atoms with E-state index in [1.807, 2.05) is 38.1 Å². The number of hydrogen-bond donors (Lipinski definition) is 1. The number of morpholine rings is 1. The molecular formula is C21H25BrN2O4S2. The van der Waals surface area contributed by atoms with Crippen LogP contribution in [-0.4, -0.2) is 51.0 Å². The maximum absolute atomic E-state index is 13.1. The lowest BCUT2D eigenvalue weighted by Crippen LogP contribution is -2.40. The number of ether oxygens (including phenoxy) is 1. The van der Waals surface area contributed by atoms with E-state index < -0.39 is 10.0 Å². The van der Waals surface area contributed by atoms with Gasteiger partial charge in [0.1, 0.15) is 0 Å². The Morgan fingerprint density at radius 3 is 2.50 bits per heavy atom. The van der Waals surface area contributed by atoms with Gasteiger partial charge in [0.25, 0.3) is 5.91 Å². The second-order valence-electron chi connectivity index (χ2n) is 7.01. The zero-order valence-electron chi connectivity index (χ0n) is 16.9. The summed E-state index contributed by atoms with van der Waals surface area (Å²) >= 11 is 4.85. The third-order valence-electron chi connectivity index (χ3n) is 4.83. The Labute approximate surface area is 190 Å². The zero-order valence-corrected chi connectivity index (χ0v) is 20.1. The van der Waals surface area contributed by atoms with Crippen molar-refractivity contribution in [3.8, 4) is 0 Å². The van der Waals surface area contributed by atoms with E-state index >= 15 is 0 Å². The van der Waals surface area contributed by atoms with Crippen LogP contribution in [0.3, 0.4) is 0 Å². The Kier molecular flexibility index (Phi) is 7.98. The second-order valence-corrected chi connectivity index (χ2v) is 11.0. The number of benzene rings is 2. The summed E-state index contributed by atoms with van der Waals surface area (Å²) in [4.78, 5) is 14.8. The van der Waals surface area contributed by atoms with E-state index in [4.69, 9.17) is 4.74 Å². The summed E-state index contributed by atoms with van der Waals surface area (Å²) in [6, 6.07) is 12.5. The molecule has 0 saturated carbocycles. The molecule has 1 aliphatic heterocycles. The van der Waals surface area contributed by atoms with Crippen molar-refractivity contribution in [1.29, 1.82) is 0 Å². The summed E-state index contributed by atoms with van der Waals surface area (Å²) in [6.07, 6.45) is 0.784. The van der Waals surface area contributed by atoms with Crippen LogP contribution in [0.1, 0.15) is 30.6 Å². The van der Waals surface area contributed by atoms with Crippen molar-refractivity contribution in [1.82, 2.24) is 9.62 Å². The molecule has 2 aromatic rings. The molecule has 30 heavy (non-hydrogen) atoms. The summed E-state index contributed by atoms with van der Waals surface area (Å²) in [5, 5.41) is 2.95. The first-order valence-corrected chi connectivity index (χ1v) is 12.8. The topological polar surface area (TPSA) is 75.7 Å². The maximum atomic E-state index is 13.1. The number of sulfonamides is 1. The molecule has 3 rings (SSSR count). The van der Waals surface area contributed by atoms with Crippen molar-refractivity contribution in [2.75, 3.05) is 26.3 Å². The van der Waals surface area contributed by atoms with Gasteiger partial charge in [0.15, 0.2) is 0 Å². The van der Waals surface area contributed by atoms with Gasteiger partial charge >= 0.3 is 0 Å². The average Bonchev–Trinajstić information content (AvgIpc) is 2.76. The summed E-state index contributed by atoms with van der Waals surface area (Å²) in [5.41, 5.74) is 0.359. The number of carbonyl (C=O) groups excluding carboxylic acids is 1. The molecule has 162 valence electrons. The largest absolute Gasteiger partial charge is 0.379 e. The van der Waals surface area contributed by atoms with Gasteiger partial charge < -0.3 is 10.1 Å². The Morgan fingerprint density at radius 1 is 1.20 bits per heavy atom.